The average Bonchev–Trinajstić information content (AvgIpc) is 2.25. The molecule has 0 fully saturated rings. The smallest absolute Gasteiger partial charge is 0.348 e. The normalized spacial score (nSPS) is 18.3. The summed E-state index contributed by atoms with van der Waals surface area (Å²) in [6, 6.07) is 5.23. The highest BCUT2D eigenvalue weighted by atomic mass is 28.4. The van der Waals surface area contributed by atoms with Gasteiger partial charge in [0.05, 0.1) is 0 Å². The van der Waals surface area contributed by atoms with Crippen molar-refractivity contribution in [3.63, 3.8) is 0 Å². The Bertz CT molecular complexity index is 466. The van der Waals surface area contributed by atoms with Gasteiger partial charge in [0.2, 0.25) is 14.4 Å². The van der Waals surface area contributed by atoms with Crippen LogP contribution >= 0.6 is 0 Å². The first-order chi connectivity index (χ1) is 8.35. The Labute approximate surface area is 106 Å². The number of ether oxygens (including phenoxy) is 2. The molecule has 1 aliphatic rings. The molecule has 0 aliphatic carbocycles. The van der Waals surface area contributed by atoms with Gasteiger partial charge in [0, 0.05) is 6.07 Å². The molecule has 0 bridgehead atoms. The summed E-state index contributed by atoms with van der Waals surface area (Å²) in [7, 11) is -1.69. The highest BCUT2D eigenvalue weighted by Gasteiger charge is 2.27. The van der Waals surface area contributed by atoms with E-state index in [2.05, 4.69) is 19.6 Å². The average molecular weight is 268 g/mol. The van der Waals surface area contributed by atoms with Crippen molar-refractivity contribution in [2.45, 2.75) is 25.7 Å². The van der Waals surface area contributed by atoms with E-state index in [1.165, 1.54) is 0 Å². The number of carbonyl (C=O) groups is 1. The van der Waals surface area contributed by atoms with Gasteiger partial charge in [0.1, 0.15) is 12.4 Å². The standard InChI is InChI=1S/C12H16O5Si/c1-18(2,3)17-8-4-5-9-10(6-8)16-11(7-15-9)12(13)14/h4-6,11H,7H2,1-3H3,(H,13,14). The number of hydrogen-bond donors (Lipinski definition) is 1. The Balaban J connectivity index is 2.21. The van der Waals surface area contributed by atoms with Crippen LogP contribution in [0.3, 0.4) is 0 Å². The Morgan fingerprint density at radius 1 is 1.39 bits per heavy atom. The number of rotatable bonds is 3. The van der Waals surface area contributed by atoms with Crippen LogP contribution in [0.4, 0.5) is 0 Å². The molecule has 1 N–H and O–H groups in total. The molecule has 0 saturated heterocycles. The molecule has 0 amide bonds. The molecule has 0 radical (unpaired) electrons. The molecular weight excluding hydrogens is 252 g/mol. The van der Waals surface area contributed by atoms with E-state index in [9.17, 15) is 4.79 Å². The zero-order valence-electron chi connectivity index (χ0n) is 10.6. The molecule has 18 heavy (non-hydrogen) atoms. The van der Waals surface area contributed by atoms with Crippen molar-refractivity contribution in [1.29, 1.82) is 0 Å². The number of hydrogen-bond acceptors (Lipinski definition) is 4. The lowest BCUT2D eigenvalue weighted by Gasteiger charge is -2.25. The third-order valence-corrected chi connectivity index (χ3v) is 3.12. The Morgan fingerprint density at radius 2 is 2.11 bits per heavy atom. The molecule has 1 heterocycles. The zero-order chi connectivity index (χ0) is 13.3. The maximum atomic E-state index is 10.8. The minimum Gasteiger partial charge on any atom is -0.544 e. The molecule has 2 rings (SSSR count). The molecule has 6 heteroatoms. The van der Waals surface area contributed by atoms with Gasteiger partial charge in [-0.05, 0) is 31.8 Å². The first-order valence-electron chi connectivity index (χ1n) is 5.70. The predicted molar refractivity (Wildman–Crippen MR) is 68.0 cm³/mol. The number of carboxylic acids is 1. The highest BCUT2D eigenvalue weighted by molar-refractivity contribution is 6.70. The summed E-state index contributed by atoms with van der Waals surface area (Å²) in [5.74, 6) is 0.625. The van der Waals surface area contributed by atoms with E-state index in [0.717, 1.165) is 0 Å². The van der Waals surface area contributed by atoms with Gasteiger partial charge in [0.15, 0.2) is 11.5 Å². The van der Waals surface area contributed by atoms with Crippen LogP contribution in [0.15, 0.2) is 18.2 Å². The van der Waals surface area contributed by atoms with Crippen LogP contribution in [0, 0.1) is 0 Å². The molecule has 98 valence electrons. The molecule has 1 aliphatic heterocycles. The molecule has 0 spiro atoms. The van der Waals surface area contributed by atoms with Crippen LogP contribution in [0.1, 0.15) is 0 Å². The summed E-state index contributed by atoms with van der Waals surface area (Å²) >= 11 is 0. The van der Waals surface area contributed by atoms with Crippen molar-refractivity contribution in [2.75, 3.05) is 6.61 Å². The number of fused-ring (bicyclic) bond motifs is 1. The summed E-state index contributed by atoms with van der Waals surface area (Å²) in [6.07, 6.45) is -0.959. The quantitative estimate of drug-likeness (QED) is 0.851. The molecule has 1 aromatic rings. The summed E-state index contributed by atoms with van der Waals surface area (Å²) in [5.41, 5.74) is 0. The summed E-state index contributed by atoms with van der Waals surface area (Å²) in [4.78, 5) is 10.8. The van der Waals surface area contributed by atoms with E-state index in [0.29, 0.717) is 17.2 Å². The first kappa shape index (κ1) is 12.8. The lowest BCUT2D eigenvalue weighted by molar-refractivity contribution is -0.147. The van der Waals surface area contributed by atoms with Gasteiger partial charge in [0.25, 0.3) is 0 Å². The van der Waals surface area contributed by atoms with Gasteiger partial charge in [-0.15, -0.1) is 0 Å². The van der Waals surface area contributed by atoms with Gasteiger partial charge in [-0.25, -0.2) is 4.79 Å². The van der Waals surface area contributed by atoms with Crippen LogP contribution in [0.2, 0.25) is 19.6 Å². The van der Waals surface area contributed by atoms with E-state index in [1.807, 2.05) is 6.07 Å². The number of carboxylic acid groups (broad SMARTS) is 1. The van der Waals surface area contributed by atoms with E-state index < -0.39 is 20.4 Å². The van der Waals surface area contributed by atoms with E-state index in [-0.39, 0.29) is 6.61 Å². The summed E-state index contributed by atoms with van der Waals surface area (Å²) < 4.78 is 16.5. The van der Waals surface area contributed by atoms with Crippen LogP contribution in [0.25, 0.3) is 0 Å². The number of benzene rings is 1. The molecule has 5 nitrogen and oxygen atoms in total. The molecule has 1 unspecified atom stereocenters. The minimum atomic E-state index is -1.69. The van der Waals surface area contributed by atoms with Gasteiger partial charge in [-0.1, -0.05) is 0 Å². The monoisotopic (exact) mass is 268 g/mol. The molecule has 1 aromatic carbocycles. The van der Waals surface area contributed by atoms with Crippen LogP contribution in [-0.4, -0.2) is 32.1 Å². The Kier molecular flexibility index (Phi) is 3.21. The molecular formula is C12H16O5Si. The fourth-order valence-corrected chi connectivity index (χ4v) is 2.43. The van der Waals surface area contributed by atoms with Crippen molar-refractivity contribution < 1.29 is 23.8 Å². The van der Waals surface area contributed by atoms with Gasteiger partial charge in [-0.2, -0.15) is 0 Å². The maximum Gasteiger partial charge on any atom is 0.348 e. The van der Waals surface area contributed by atoms with Gasteiger partial charge < -0.3 is 19.0 Å². The van der Waals surface area contributed by atoms with Gasteiger partial charge >= 0.3 is 5.97 Å². The lowest BCUT2D eigenvalue weighted by Crippen LogP contribution is -2.36. The molecule has 0 aromatic heterocycles. The minimum absolute atomic E-state index is 0.0244. The molecule has 0 saturated carbocycles. The Hall–Kier alpha value is -1.69. The fourth-order valence-electron chi connectivity index (χ4n) is 1.59. The summed E-state index contributed by atoms with van der Waals surface area (Å²) in [5, 5.41) is 8.89. The first-order valence-corrected chi connectivity index (χ1v) is 9.11. The van der Waals surface area contributed by atoms with Crippen molar-refractivity contribution >= 4 is 14.3 Å². The van der Waals surface area contributed by atoms with Crippen molar-refractivity contribution in [1.82, 2.24) is 0 Å². The van der Waals surface area contributed by atoms with E-state index in [1.54, 1.807) is 12.1 Å². The summed E-state index contributed by atoms with van der Waals surface area (Å²) in [6.45, 7) is 6.24. The molecule has 1 atom stereocenters. The van der Waals surface area contributed by atoms with Crippen LogP contribution in [-0.2, 0) is 4.79 Å². The van der Waals surface area contributed by atoms with E-state index >= 15 is 0 Å². The Morgan fingerprint density at radius 3 is 2.72 bits per heavy atom. The van der Waals surface area contributed by atoms with Crippen LogP contribution in [0.5, 0.6) is 17.2 Å². The van der Waals surface area contributed by atoms with Gasteiger partial charge in [-0.3, -0.25) is 0 Å². The predicted octanol–water partition coefficient (Wildman–Crippen LogP) is 2.12. The largest absolute Gasteiger partial charge is 0.544 e. The second kappa shape index (κ2) is 4.53. The maximum absolute atomic E-state index is 10.8. The second-order valence-electron chi connectivity index (χ2n) is 5.08. The van der Waals surface area contributed by atoms with Crippen LogP contribution < -0.4 is 13.9 Å². The van der Waals surface area contributed by atoms with Crippen molar-refractivity contribution in [3.05, 3.63) is 18.2 Å². The highest BCUT2D eigenvalue weighted by Crippen LogP contribution is 2.35. The zero-order valence-corrected chi connectivity index (χ0v) is 11.6. The van der Waals surface area contributed by atoms with E-state index in [4.69, 9.17) is 19.0 Å². The fraction of sp³-hybridized carbons (Fsp3) is 0.417. The topological polar surface area (TPSA) is 65.0 Å². The lowest BCUT2D eigenvalue weighted by atomic mass is 10.2. The number of aliphatic carboxylic acids is 1. The van der Waals surface area contributed by atoms with Crippen molar-refractivity contribution in [2.24, 2.45) is 0 Å². The SMILES string of the molecule is C[Si](C)(C)Oc1ccc2c(c1)OC(C(=O)O)CO2. The van der Waals surface area contributed by atoms with Crippen molar-refractivity contribution in [3.8, 4) is 17.2 Å². The second-order valence-corrected chi connectivity index (χ2v) is 9.51. The third kappa shape index (κ3) is 2.95. The third-order valence-electron chi connectivity index (χ3n) is 2.27.